The summed E-state index contributed by atoms with van der Waals surface area (Å²) in [5.74, 6) is 1.08. The Balaban J connectivity index is 1.85. The topological polar surface area (TPSA) is 92.7 Å². The predicted octanol–water partition coefficient (Wildman–Crippen LogP) is 2.02. The second kappa shape index (κ2) is 9.48. The Kier molecular flexibility index (Phi) is 7.03. The van der Waals surface area contributed by atoms with Gasteiger partial charge in [0.05, 0.1) is 19.8 Å². The van der Waals surface area contributed by atoms with Gasteiger partial charge in [-0.05, 0) is 19.1 Å². The molecule has 0 aliphatic heterocycles. The van der Waals surface area contributed by atoms with Gasteiger partial charge in [-0.1, -0.05) is 24.3 Å². The smallest absolute Gasteiger partial charge is 0.315 e. The molecule has 1 aromatic carbocycles. The molecule has 2 aromatic rings. The quantitative estimate of drug-likeness (QED) is 0.681. The number of carbonyl (C=O) groups is 1. The number of carbonyl (C=O) groups excluding carboxylic acids is 1. The maximum absolute atomic E-state index is 11.9. The number of rotatable bonds is 8. The van der Waals surface area contributed by atoms with Crippen LogP contribution in [0.1, 0.15) is 24.2 Å². The summed E-state index contributed by atoms with van der Waals surface area (Å²) in [6, 6.07) is 10.4. The van der Waals surface area contributed by atoms with E-state index in [1.807, 2.05) is 19.1 Å². The number of para-hydroxylation sites is 1. The van der Waals surface area contributed by atoms with E-state index in [4.69, 9.17) is 9.47 Å². The van der Waals surface area contributed by atoms with Crippen LogP contribution in [0.15, 0.2) is 42.6 Å². The lowest BCUT2D eigenvalue weighted by atomic mass is 10.1. The predicted molar refractivity (Wildman–Crippen MR) is 93.6 cm³/mol. The fourth-order valence-electron chi connectivity index (χ4n) is 2.30. The molecule has 2 rings (SSSR count). The number of ether oxygens (including phenoxy) is 2. The summed E-state index contributed by atoms with van der Waals surface area (Å²) in [6.45, 7) is 2.72. The van der Waals surface area contributed by atoms with Crippen molar-refractivity contribution in [2.24, 2.45) is 0 Å². The highest BCUT2D eigenvalue weighted by molar-refractivity contribution is 5.73. The molecule has 0 unspecified atom stereocenters. The molecule has 0 spiro atoms. The molecule has 7 nitrogen and oxygen atoms in total. The number of methoxy groups -OCH3 is 1. The van der Waals surface area contributed by atoms with Crippen LogP contribution in [0.4, 0.5) is 4.79 Å². The summed E-state index contributed by atoms with van der Waals surface area (Å²) in [6.07, 6.45) is 0.775. The maximum Gasteiger partial charge on any atom is 0.315 e. The molecule has 0 radical (unpaired) electrons. The number of hydrogen-bond donors (Lipinski definition) is 3. The van der Waals surface area contributed by atoms with Crippen LogP contribution in [-0.4, -0.2) is 36.4 Å². The van der Waals surface area contributed by atoms with Crippen molar-refractivity contribution >= 4 is 6.03 Å². The zero-order valence-corrected chi connectivity index (χ0v) is 14.4. The van der Waals surface area contributed by atoms with Gasteiger partial charge in [-0.3, -0.25) is 0 Å². The molecule has 0 fully saturated rings. The van der Waals surface area contributed by atoms with Gasteiger partial charge in [0.2, 0.25) is 5.88 Å². The van der Waals surface area contributed by atoms with Crippen LogP contribution < -0.4 is 20.1 Å². The number of aromatic nitrogens is 1. The van der Waals surface area contributed by atoms with Crippen molar-refractivity contribution in [1.82, 2.24) is 15.6 Å². The number of benzene rings is 1. The molecule has 3 N–H and O–H groups in total. The van der Waals surface area contributed by atoms with Crippen molar-refractivity contribution in [3.8, 4) is 11.6 Å². The monoisotopic (exact) mass is 345 g/mol. The van der Waals surface area contributed by atoms with Crippen LogP contribution in [0, 0.1) is 0 Å². The molecule has 0 saturated heterocycles. The lowest BCUT2D eigenvalue weighted by Gasteiger charge is -2.16. The van der Waals surface area contributed by atoms with E-state index >= 15 is 0 Å². The molecule has 1 atom stereocenters. The second-order valence-electron chi connectivity index (χ2n) is 5.22. The van der Waals surface area contributed by atoms with E-state index in [1.54, 1.807) is 30.5 Å². The van der Waals surface area contributed by atoms with E-state index in [1.165, 1.54) is 7.11 Å². The Morgan fingerprint density at radius 3 is 2.80 bits per heavy atom. The Morgan fingerprint density at radius 1 is 1.24 bits per heavy atom. The van der Waals surface area contributed by atoms with Crippen LogP contribution in [0.5, 0.6) is 11.6 Å². The first-order valence-corrected chi connectivity index (χ1v) is 8.05. The standard InChI is InChI=1S/C18H23N3O4/c1-3-25-17-13(7-6-10-19-17)11-20-18(23)21-12-15(22)14-8-4-5-9-16(14)24-2/h4-10,15,22H,3,11-12H2,1-2H3,(H2,20,21,23)/t15-/m0/s1. The average molecular weight is 345 g/mol. The summed E-state index contributed by atoms with van der Waals surface area (Å²) in [5.41, 5.74) is 1.40. The minimum absolute atomic E-state index is 0.0670. The van der Waals surface area contributed by atoms with Crippen molar-refractivity contribution in [2.45, 2.75) is 19.6 Å². The van der Waals surface area contributed by atoms with E-state index in [0.717, 1.165) is 5.56 Å². The number of hydrogen-bond acceptors (Lipinski definition) is 5. The normalized spacial score (nSPS) is 11.5. The lowest BCUT2D eigenvalue weighted by molar-refractivity contribution is 0.169. The number of aliphatic hydroxyl groups excluding tert-OH is 1. The molecule has 0 aliphatic carbocycles. The van der Waals surface area contributed by atoms with Crippen molar-refractivity contribution in [1.29, 1.82) is 0 Å². The van der Waals surface area contributed by atoms with E-state index in [2.05, 4.69) is 15.6 Å². The highest BCUT2D eigenvalue weighted by Gasteiger charge is 2.14. The number of pyridine rings is 1. The maximum atomic E-state index is 11.9. The minimum atomic E-state index is -0.862. The van der Waals surface area contributed by atoms with Crippen LogP contribution in [0.2, 0.25) is 0 Å². The molecule has 2 amide bonds. The van der Waals surface area contributed by atoms with Crippen LogP contribution in [0.3, 0.4) is 0 Å². The third-order valence-electron chi connectivity index (χ3n) is 3.52. The van der Waals surface area contributed by atoms with Crippen LogP contribution >= 0.6 is 0 Å². The zero-order chi connectivity index (χ0) is 18.1. The number of amides is 2. The molecule has 1 aromatic heterocycles. The van der Waals surface area contributed by atoms with Crippen molar-refractivity contribution in [2.75, 3.05) is 20.3 Å². The first-order chi connectivity index (χ1) is 12.2. The van der Waals surface area contributed by atoms with Gasteiger partial charge < -0.3 is 25.2 Å². The Bertz CT molecular complexity index is 694. The van der Waals surface area contributed by atoms with Crippen molar-refractivity contribution in [3.63, 3.8) is 0 Å². The van der Waals surface area contributed by atoms with Gasteiger partial charge >= 0.3 is 6.03 Å². The summed E-state index contributed by atoms with van der Waals surface area (Å²) in [4.78, 5) is 16.1. The third-order valence-corrected chi connectivity index (χ3v) is 3.52. The third kappa shape index (κ3) is 5.36. The van der Waals surface area contributed by atoms with Crippen molar-refractivity contribution in [3.05, 3.63) is 53.7 Å². The SMILES string of the molecule is CCOc1ncccc1CNC(=O)NC[C@H](O)c1ccccc1OC. The number of urea groups is 1. The van der Waals surface area contributed by atoms with Crippen molar-refractivity contribution < 1.29 is 19.4 Å². The molecule has 7 heteroatoms. The Morgan fingerprint density at radius 2 is 2.04 bits per heavy atom. The largest absolute Gasteiger partial charge is 0.496 e. The van der Waals surface area contributed by atoms with Gasteiger partial charge in [0.25, 0.3) is 0 Å². The minimum Gasteiger partial charge on any atom is -0.496 e. The summed E-state index contributed by atoms with van der Waals surface area (Å²) >= 11 is 0. The zero-order valence-electron chi connectivity index (χ0n) is 14.4. The van der Waals surface area contributed by atoms with Crippen LogP contribution in [0.25, 0.3) is 0 Å². The van der Waals surface area contributed by atoms with E-state index in [0.29, 0.717) is 23.8 Å². The summed E-state index contributed by atoms with van der Waals surface area (Å²) < 4.78 is 10.6. The molecular formula is C18H23N3O4. The number of aliphatic hydroxyl groups is 1. The van der Waals surface area contributed by atoms with Gasteiger partial charge in [0.1, 0.15) is 5.75 Å². The fourth-order valence-corrected chi connectivity index (χ4v) is 2.30. The average Bonchev–Trinajstić information content (AvgIpc) is 2.65. The first-order valence-electron chi connectivity index (χ1n) is 8.05. The van der Waals surface area contributed by atoms with E-state index in [-0.39, 0.29) is 19.1 Å². The molecule has 25 heavy (non-hydrogen) atoms. The van der Waals surface area contributed by atoms with Gasteiger partial charge in [-0.2, -0.15) is 0 Å². The second-order valence-corrected chi connectivity index (χ2v) is 5.22. The van der Waals surface area contributed by atoms with Gasteiger partial charge in [-0.25, -0.2) is 9.78 Å². The number of nitrogens with zero attached hydrogens (tertiary/aromatic N) is 1. The molecule has 1 heterocycles. The Hall–Kier alpha value is -2.80. The first kappa shape index (κ1) is 18.5. The molecule has 134 valence electrons. The number of nitrogens with one attached hydrogen (secondary N) is 2. The van der Waals surface area contributed by atoms with E-state index < -0.39 is 6.10 Å². The highest BCUT2D eigenvalue weighted by atomic mass is 16.5. The van der Waals surface area contributed by atoms with E-state index in [9.17, 15) is 9.90 Å². The Labute approximate surface area is 147 Å². The van der Waals surface area contributed by atoms with Crippen LogP contribution in [-0.2, 0) is 6.54 Å². The lowest BCUT2D eigenvalue weighted by Crippen LogP contribution is -2.37. The molecule has 0 aliphatic rings. The van der Waals surface area contributed by atoms with Gasteiger partial charge in [0, 0.05) is 30.4 Å². The van der Waals surface area contributed by atoms with Gasteiger partial charge in [0.15, 0.2) is 0 Å². The summed E-state index contributed by atoms with van der Waals surface area (Å²) in [5, 5.41) is 15.6. The molecular weight excluding hydrogens is 322 g/mol. The molecule has 0 saturated carbocycles. The van der Waals surface area contributed by atoms with Gasteiger partial charge in [-0.15, -0.1) is 0 Å². The highest BCUT2D eigenvalue weighted by Crippen LogP contribution is 2.23. The summed E-state index contributed by atoms with van der Waals surface area (Å²) in [7, 11) is 1.54. The fraction of sp³-hybridized carbons (Fsp3) is 0.333. The molecule has 0 bridgehead atoms.